The minimum atomic E-state index is -1.52. The van der Waals surface area contributed by atoms with Crippen molar-refractivity contribution < 1.29 is 43.0 Å². The molecule has 0 saturated carbocycles. The number of pyridine rings is 1. The average molecular weight is 919 g/mol. The highest BCUT2D eigenvalue weighted by Crippen LogP contribution is 2.21. The van der Waals surface area contributed by atoms with Crippen molar-refractivity contribution in [2.75, 3.05) is 6.61 Å². The van der Waals surface area contributed by atoms with Crippen molar-refractivity contribution in [3.8, 4) is 16.9 Å². The Morgan fingerprint density at radius 2 is 1.19 bits per heavy atom. The van der Waals surface area contributed by atoms with E-state index in [2.05, 4.69) is 31.6 Å². The van der Waals surface area contributed by atoms with E-state index in [1.54, 1.807) is 54.9 Å². The van der Waals surface area contributed by atoms with E-state index in [4.69, 9.17) is 4.74 Å². The first-order chi connectivity index (χ1) is 33.0. The molecule has 0 saturated heterocycles. The second-order valence-electron chi connectivity index (χ2n) is 16.5. The van der Waals surface area contributed by atoms with Gasteiger partial charge in [-0.05, 0) is 82.1 Å². The van der Waals surface area contributed by atoms with Crippen LogP contribution in [0.3, 0.4) is 0 Å². The molecule has 0 fully saturated rings. The molecule has 8 rings (SSSR count). The number of aromatic nitrogens is 1. The van der Waals surface area contributed by atoms with Crippen LogP contribution in [0.5, 0.6) is 5.75 Å². The molecule has 6 aromatic rings. The fraction of sp³-hybridized carbons (Fsp3) is 0.226. The van der Waals surface area contributed by atoms with Gasteiger partial charge in [-0.15, -0.1) is 0 Å². The highest BCUT2D eigenvalue weighted by atomic mass is 19.1. The molecule has 2 aliphatic heterocycles. The Morgan fingerprint density at radius 3 is 1.84 bits per heavy atom. The summed E-state index contributed by atoms with van der Waals surface area (Å²) in [4.78, 5) is 87.8. The lowest BCUT2D eigenvalue weighted by Gasteiger charge is -2.27. The average Bonchev–Trinajstić information content (AvgIpc) is 3.35. The van der Waals surface area contributed by atoms with E-state index in [0.29, 0.717) is 23.1 Å². The second kappa shape index (κ2) is 23.3. The Kier molecular flexibility index (Phi) is 16.4. The maximum atomic E-state index is 15.4. The Hall–Kier alpha value is -8.20. The molecule has 14 nitrogen and oxygen atoms in total. The highest BCUT2D eigenvalue weighted by Gasteiger charge is 2.34. The van der Waals surface area contributed by atoms with Crippen LogP contribution >= 0.6 is 0 Å². The first-order valence-electron chi connectivity index (χ1n) is 22.2. The lowest BCUT2D eigenvalue weighted by atomic mass is 9.98. The number of aliphatic carboxylic acids is 1. The van der Waals surface area contributed by atoms with Gasteiger partial charge in [0.15, 0.2) is 6.61 Å². The van der Waals surface area contributed by atoms with E-state index >= 15 is 4.39 Å². The zero-order chi connectivity index (χ0) is 47.8. The van der Waals surface area contributed by atoms with Gasteiger partial charge in [-0.3, -0.25) is 29.0 Å². The number of nitrogens with zero attached hydrogens (tertiary/aromatic N) is 1. The van der Waals surface area contributed by atoms with Crippen LogP contribution < -0.4 is 31.3 Å². The van der Waals surface area contributed by atoms with Crippen molar-refractivity contribution in [2.24, 2.45) is 0 Å². The third kappa shape index (κ3) is 13.7. The molecule has 348 valence electrons. The lowest BCUT2D eigenvalue weighted by Crippen LogP contribution is -2.60. The number of hydrogen-bond donors (Lipinski definition) is 6. The fourth-order valence-electron chi connectivity index (χ4n) is 7.82. The summed E-state index contributed by atoms with van der Waals surface area (Å²) in [7, 11) is 0. The molecule has 6 N–H and O–H groups in total. The minimum absolute atomic E-state index is 0.0195. The number of nitrogens with one attached hydrogen (secondary N) is 5. The number of carbonyl (C=O) groups is 6. The molecule has 2 aliphatic rings. The SMILES string of the molecule is O=C1COc2ccc(cc2)C[C@H](C(=O)N[C@H](CCc2ccccc2)C(=O)O)NC(=O)[C@H](Cc2ccccc2F)NC(=O)[C@@H](Cc2ccc(-c3ccccc3)cc2)NC(=O)[C@H](Cc2ccncc2)N1. The Bertz CT molecular complexity index is 2670. The molecule has 15 heteroatoms. The number of hydrogen-bond acceptors (Lipinski definition) is 8. The first-order valence-corrected chi connectivity index (χ1v) is 22.2. The largest absolute Gasteiger partial charge is 0.484 e. The molecular formula is C53H51FN6O8. The van der Waals surface area contributed by atoms with E-state index in [0.717, 1.165) is 16.7 Å². The van der Waals surface area contributed by atoms with Crippen LogP contribution in [0.15, 0.2) is 158 Å². The molecule has 0 radical (unpaired) electrons. The molecule has 5 aromatic carbocycles. The van der Waals surface area contributed by atoms with Crippen molar-refractivity contribution in [1.82, 2.24) is 31.6 Å². The predicted molar refractivity (Wildman–Crippen MR) is 251 cm³/mol. The van der Waals surface area contributed by atoms with Gasteiger partial charge < -0.3 is 36.4 Å². The Labute approximate surface area is 392 Å². The van der Waals surface area contributed by atoms with Gasteiger partial charge in [-0.1, -0.05) is 115 Å². The topological polar surface area (TPSA) is 205 Å². The van der Waals surface area contributed by atoms with Gasteiger partial charge in [0.25, 0.3) is 5.91 Å². The molecule has 0 unspecified atom stereocenters. The van der Waals surface area contributed by atoms with E-state index in [-0.39, 0.29) is 43.4 Å². The number of amides is 5. The monoisotopic (exact) mass is 918 g/mol. The zero-order valence-electron chi connectivity index (χ0n) is 37.0. The summed E-state index contributed by atoms with van der Waals surface area (Å²) in [5, 5.41) is 23.8. The van der Waals surface area contributed by atoms with Gasteiger partial charge in [0, 0.05) is 38.1 Å². The number of rotatable bonds is 13. The van der Waals surface area contributed by atoms with Gasteiger partial charge >= 0.3 is 5.97 Å². The molecule has 5 atom stereocenters. The van der Waals surface area contributed by atoms with E-state index in [1.165, 1.54) is 18.2 Å². The highest BCUT2D eigenvalue weighted by molar-refractivity contribution is 5.96. The van der Waals surface area contributed by atoms with Crippen LogP contribution in [0.4, 0.5) is 4.39 Å². The number of aryl methyl sites for hydroxylation is 1. The van der Waals surface area contributed by atoms with E-state index in [9.17, 15) is 33.9 Å². The zero-order valence-corrected chi connectivity index (χ0v) is 37.0. The van der Waals surface area contributed by atoms with Crippen LogP contribution in [-0.2, 0) is 60.9 Å². The van der Waals surface area contributed by atoms with Gasteiger partial charge in [0.1, 0.15) is 41.8 Å². The van der Waals surface area contributed by atoms with Crippen molar-refractivity contribution in [2.45, 2.75) is 68.7 Å². The van der Waals surface area contributed by atoms with Gasteiger partial charge in [-0.2, -0.15) is 0 Å². The van der Waals surface area contributed by atoms with Gasteiger partial charge in [-0.25, -0.2) is 9.18 Å². The number of benzene rings is 5. The molecule has 68 heavy (non-hydrogen) atoms. The molecule has 5 amide bonds. The standard InChI is InChI=1S/C53H51FN6O8/c54-42-14-8-7-13-40(42)32-47-52(65)59-45(50(63)57-43(53(66)67)24-19-34-9-3-1-4-10-34)30-36-17-22-41(23-18-36)68-33-48(61)56-44(31-37-25-27-55-28-26-37)49(62)58-46(51(64)60-47)29-35-15-20-39(21-16-35)38-11-5-2-6-12-38/h1-18,20-23,25-28,43-47H,19,24,29-33H2,(H,56,61)(H,57,63)(H,58,62)(H,59,65)(H,60,64)(H,66,67)/t43-,44+,45-,46-,47+/m1/s1. The summed E-state index contributed by atoms with van der Waals surface area (Å²) in [6.07, 6.45) is 2.92. The number of carbonyl (C=O) groups excluding carboxylic acids is 5. The molecule has 3 heterocycles. The second-order valence-corrected chi connectivity index (χ2v) is 16.5. The summed E-state index contributed by atoms with van der Waals surface area (Å²) in [6, 6.07) is 34.9. The maximum Gasteiger partial charge on any atom is 0.326 e. The van der Waals surface area contributed by atoms with Crippen molar-refractivity contribution in [1.29, 1.82) is 0 Å². The third-order valence-electron chi connectivity index (χ3n) is 11.5. The normalized spacial score (nSPS) is 18.5. The predicted octanol–water partition coefficient (Wildman–Crippen LogP) is 4.69. The fourth-order valence-corrected chi connectivity index (χ4v) is 7.82. The minimum Gasteiger partial charge on any atom is -0.484 e. The van der Waals surface area contributed by atoms with Crippen LogP contribution in [0, 0.1) is 5.82 Å². The van der Waals surface area contributed by atoms with E-state index < -0.39 is 78.1 Å². The smallest absolute Gasteiger partial charge is 0.326 e. The number of carboxylic acids is 1. The number of fused-ring (bicyclic) bond motifs is 16. The van der Waals surface area contributed by atoms with Crippen LogP contribution in [0.25, 0.3) is 11.1 Å². The first kappa shape index (κ1) is 47.8. The number of halogens is 1. The van der Waals surface area contributed by atoms with Crippen LogP contribution in [0.2, 0.25) is 0 Å². The maximum absolute atomic E-state index is 15.4. The van der Waals surface area contributed by atoms with Crippen LogP contribution in [0.1, 0.15) is 34.2 Å². The Morgan fingerprint density at radius 1 is 0.632 bits per heavy atom. The van der Waals surface area contributed by atoms with Gasteiger partial charge in [0.2, 0.25) is 23.6 Å². The van der Waals surface area contributed by atoms with Crippen molar-refractivity contribution >= 4 is 35.5 Å². The number of carboxylic acid groups (broad SMARTS) is 1. The molecule has 1 aromatic heterocycles. The third-order valence-corrected chi connectivity index (χ3v) is 11.5. The van der Waals surface area contributed by atoms with Crippen molar-refractivity contribution in [3.63, 3.8) is 0 Å². The summed E-state index contributed by atoms with van der Waals surface area (Å²) in [5.41, 5.74) is 4.65. The molecular weight excluding hydrogens is 868 g/mol. The molecule has 0 aliphatic carbocycles. The quantitative estimate of drug-likeness (QED) is 0.0889. The Balaban J connectivity index is 1.23. The summed E-state index contributed by atoms with van der Waals surface area (Å²) in [5.74, 6) is -5.51. The molecule has 0 spiro atoms. The molecule has 2 bridgehead atoms. The van der Waals surface area contributed by atoms with Crippen molar-refractivity contribution in [3.05, 3.63) is 192 Å². The van der Waals surface area contributed by atoms with E-state index in [1.807, 2.05) is 84.9 Å². The summed E-state index contributed by atoms with van der Waals surface area (Å²) < 4.78 is 21.1. The van der Waals surface area contributed by atoms with Gasteiger partial charge in [0.05, 0.1) is 0 Å². The number of ether oxygens (including phenoxy) is 1. The lowest BCUT2D eigenvalue weighted by molar-refractivity contribution is -0.142. The summed E-state index contributed by atoms with van der Waals surface area (Å²) >= 11 is 0. The summed E-state index contributed by atoms with van der Waals surface area (Å²) in [6.45, 7) is -0.477. The van der Waals surface area contributed by atoms with Crippen LogP contribution in [-0.4, -0.2) is 82.4 Å².